The van der Waals surface area contributed by atoms with Crippen LogP contribution in [0.1, 0.15) is 25.3 Å². The summed E-state index contributed by atoms with van der Waals surface area (Å²) in [6.45, 7) is 5.85. The fraction of sp³-hybridized carbons (Fsp3) is 0.500. The van der Waals surface area contributed by atoms with E-state index in [1.165, 1.54) is 13.1 Å². The minimum Gasteiger partial charge on any atom is -0.426 e. The van der Waals surface area contributed by atoms with Gasteiger partial charge in [-0.1, -0.05) is 12.1 Å². The van der Waals surface area contributed by atoms with Gasteiger partial charge in [-0.25, -0.2) is 5.43 Å². The predicted molar refractivity (Wildman–Crippen MR) is 94.3 cm³/mol. The van der Waals surface area contributed by atoms with Crippen molar-refractivity contribution in [1.29, 1.82) is 0 Å². The van der Waals surface area contributed by atoms with Gasteiger partial charge in [0, 0.05) is 25.3 Å². The fourth-order valence-electron chi connectivity index (χ4n) is 2.69. The quantitative estimate of drug-likeness (QED) is 0.265. The van der Waals surface area contributed by atoms with E-state index in [2.05, 4.69) is 17.6 Å². The molecule has 0 unspecified atom stereocenters. The van der Waals surface area contributed by atoms with Gasteiger partial charge in [0.25, 0.3) is 0 Å². The second-order valence-corrected chi connectivity index (χ2v) is 6.43. The fourth-order valence-corrected chi connectivity index (χ4v) is 2.69. The number of hydrogen-bond donors (Lipinski definition) is 1. The highest BCUT2D eigenvalue weighted by Crippen LogP contribution is 2.15. The third-order valence-corrected chi connectivity index (χ3v) is 4.22. The number of likely N-dealkylation sites (N-methyl/N-ethyl adjacent to an activating group) is 1. The first-order chi connectivity index (χ1) is 12.0. The van der Waals surface area contributed by atoms with Gasteiger partial charge < -0.3 is 14.0 Å². The zero-order chi connectivity index (χ0) is 18.1. The molecule has 136 valence electrons. The predicted octanol–water partition coefficient (Wildman–Crippen LogP) is 1.32. The molecule has 0 spiro atoms. The van der Waals surface area contributed by atoms with Crippen LogP contribution in [-0.2, 0) is 14.3 Å². The Morgan fingerprint density at radius 2 is 2.04 bits per heavy atom. The lowest BCUT2D eigenvalue weighted by Crippen LogP contribution is -2.52. The number of hydrogen-bond acceptors (Lipinski definition) is 5. The van der Waals surface area contributed by atoms with Crippen LogP contribution < -0.4 is 10.2 Å². The van der Waals surface area contributed by atoms with Gasteiger partial charge in [-0.2, -0.15) is 5.10 Å². The van der Waals surface area contributed by atoms with Crippen molar-refractivity contribution in [2.24, 2.45) is 5.10 Å². The highest BCUT2D eigenvalue weighted by atomic mass is 16.5. The van der Waals surface area contributed by atoms with Gasteiger partial charge in [0.05, 0.1) is 33.0 Å². The van der Waals surface area contributed by atoms with Crippen molar-refractivity contribution in [3.05, 3.63) is 29.8 Å². The van der Waals surface area contributed by atoms with Crippen molar-refractivity contribution in [2.75, 3.05) is 39.9 Å². The number of benzene rings is 1. The van der Waals surface area contributed by atoms with Crippen molar-refractivity contribution >= 4 is 18.1 Å². The number of quaternary nitrogens is 1. The number of nitrogens with zero attached hydrogens (tertiary/aromatic N) is 2. The molecule has 1 aromatic carbocycles. The molecular weight excluding hydrogens is 322 g/mol. The number of nitrogens with one attached hydrogen (secondary N) is 1. The zero-order valence-corrected chi connectivity index (χ0v) is 14.9. The molecule has 1 amide bonds. The number of hydrazone groups is 1. The first-order valence-corrected chi connectivity index (χ1v) is 8.49. The molecule has 1 aliphatic rings. The van der Waals surface area contributed by atoms with Gasteiger partial charge in [0.15, 0.2) is 0 Å². The second kappa shape index (κ2) is 9.29. The molecular formula is C18H26N3O4+. The van der Waals surface area contributed by atoms with Crippen LogP contribution in [0.5, 0.6) is 5.75 Å². The monoisotopic (exact) mass is 348 g/mol. The molecule has 7 heteroatoms. The van der Waals surface area contributed by atoms with Crippen LogP contribution in [0.3, 0.4) is 0 Å². The summed E-state index contributed by atoms with van der Waals surface area (Å²) in [6.07, 6.45) is 2.71. The number of ether oxygens (including phenoxy) is 2. The van der Waals surface area contributed by atoms with Gasteiger partial charge in [0.1, 0.15) is 18.8 Å². The summed E-state index contributed by atoms with van der Waals surface area (Å²) in [4.78, 5) is 23.0. The lowest BCUT2D eigenvalue weighted by Gasteiger charge is -2.37. The highest BCUT2D eigenvalue weighted by molar-refractivity contribution is 5.86. The van der Waals surface area contributed by atoms with E-state index in [9.17, 15) is 9.59 Å². The molecule has 1 fully saturated rings. The number of morpholine rings is 1. The van der Waals surface area contributed by atoms with E-state index >= 15 is 0 Å². The van der Waals surface area contributed by atoms with Crippen molar-refractivity contribution in [3.8, 4) is 5.75 Å². The summed E-state index contributed by atoms with van der Waals surface area (Å²) in [5, 5.41) is 3.95. The molecule has 7 nitrogen and oxygen atoms in total. The number of carbonyl (C=O) groups excluding carboxylic acids is 2. The minimum absolute atomic E-state index is 0.124. The summed E-state index contributed by atoms with van der Waals surface area (Å²) in [5.41, 5.74) is 3.15. The molecule has 25 heavy (non-hydrogen) atoms. The van der Waals surface area contributed by atoms with E-state index < -0.39 is 5.97 Å². The number of rotatable bonds is 7. The van der Waals surface area contributed by atoms with Crippen molar-refractivity contribution in [2.45, 2.75) is 19.8 Å². The van der Waals surface area contributed by atoms with Gasteiger partial charge in [-0.3, -0.25) is 9.59 Å². The van der Waals surface area contributed by atoms with Crippen molar-refractivity contribution < 1.29 is 23.5 Å². The topological polar surface area (TPSA) is 77.0 Å². The van der Waals surface area contributed by atoms with Crippen LogP contribution in [0.15, 0.2) is 29.4 Å². The van der Waals surface area contributed by atoms with Crippen molar-refractivity contribution in [3.63, 3.8) is 0 Å². The maximum absolute atomic E-state index is 11.9. The average Bonchev–Trinajstić information content (AvgIpc) is 2.56. The zero-order valence-electron chi connectivity index (χ0n) is 14.9. The van der Waals surface area contributed by atoms with E-state index in [0.717, 1.165) is 43.8 Å². The van der Waals surface area contributed by atoms with Crippen LogP contribution in [0.25, 0.3) is 0 Å². The summed E-state index contributed by atoms with van der Waals surface area (Å²) in [6, 6.07) is 7.01. The third-order valence-electron chi connectivity index (χ3n) is 4.22. The van der Waals surface area contributed by atoms with Crippen LogP contribution >= 0.6 is 0 Å². The van der Waals surface area contributed by atoms with E-state index in [4.69, 9.17) is 9.47 Å². The van der Waals surface area contributed by atoms with Crippen LogP contribution in [0.4, 0.5) is 0 Å². The molecule has 2 rings (SSSR count). The maximum Gasteiger partial charge on any atom is 0.308 e. The Morgan fingerprint density at radius 1 is 1.32 bits per heavy atom. The van der Waals surface area contributed by atoms with E-state index in [1.54, 1.807) is 18.2 Å². The Balaban J connectivity index is 1.76. The van der Waals surface area contributed by atoms with E-state index in [1.807, 2.05) is 6.07 Å². The molecule has 1 aromatic rings. The Bertz CT molecular complexity index is 625. The minimum atomic E-state index is -0.399. The van der Waals surface area contributed by atoms with Crippen LogP contribution in [-0.4, -0.2) is 62.5 Å². The maximum atomic E-state index is 11.9. The first-order valence-electron chi connectivity index (χ1n) is 8.49. The lowest BCUT2D eigenvalue weighted by atomic mass is 10.2. The number of carbonyl (C=O) groups is 2. The largest absolute Gasteiger partial charge is 0.426 e. The van der Waals surface area contributed by atoms with Gasteiger partial charge in [-0.15, -0.1) is 0 Å². The summed E-state index contributed by atoms with van der Waals surface area (Å²) < 4.78 is 11.4. The first kappa shape index (κ1) is 19.1. The summed E-state index contributed by atoms with van der Waals surface area (Å²) >= 11 is 0. The van der Waals surface area contributed by atoms with Gasteiger partial charge in [0.2, 0.25) is 5.91 Å². The molecule has 1 aliphatic heterocycles. The van der Waals surface area contributed by atoms with Gasteiger partial charge >= 0.3 is 5.97 Å². The normalized spacial score (nSPS) is 16.6. The summed E-state index contributed by atoms with van der Waals surface area (Å²) in [7, 11) is 2.20. The molecule has 0 radical (unpaired) electrons. The van der Waals surface area contributed by atoms with Crippen LogP contribution in [0.2, 0.25) is 0 Å². The number of amides is 1. The molecule has 0 aromatic heterocycles. The molecule has 0 aliphatic carbocycles. The molecule has 0 saturated carbocycles. The SMILES string of the molecule is CC(=O)Oc1ccccc1/C=N/NC(=O)CCC[N+]1(C)CCOCC1. The van der Waals surface area contributed by atoms with Crippen LogP contribution in [0, 0.1) is 0 Å². The molecule has 0 bridgehead atoms. The molecule has 0 atom stereocenters. The smallest absolute Gasteiger partial charge is 0.308 e. The Labute approximate surface area is 148 Å². The Kier molecular flexibility index (Phi) is 7.09. The van der Waals surface area contributed by atoms with Gasteiger partial charge in [-0.05, 0) is 12.1 Å². The van der Waals surface area contributed by atoms with Crippen molar-refractivity contribution in [1.82, 2.24) is 5.43 Å². The summed E-state index contributed by atoms with van der Waals surface area (Å²) in [5.74, 6) is -0.108. The molecule has 1 N–H and O–H groups in total. The number of para-hydroxylation sites is 1. The lowest BCUT2D eigenvalue weighted by molar-refractivity contribution is -0.917. The van der Waals surface area contributed by atoms with E-state index in [-0.39, 0.29) is 5.91 Å². The third kappa shape index (κ3) is 6.64. The number of esters is 1. The molecule has 1 heterocycles. The average molecular weight is 348 g/mol. The standard InChI is InChI=1S/C18H25N3O4/c1-15(22)25-17-7-4-3-6-16(17)14-19-20-18(23)8-5-9-21(2)10-12-24-13-11-21/h3-4,6-7,14H,5,8-13H2,1-2H3/p+1/b19-14+. The highest BCUT2D eigenvalue weighted by Gasteiger charge is 2.24. The second-order valence-electron chi connectivity index (χ2n) is 6.43. The molecule has 1 saturated heterocycles. The van der Waals surface area contributed by atoms with E-state index in [0.29, 0.717) is 17.7 Å². The Morgan fingerprint density at radius 3 is 2.76 bits per heavy atom. The Hall–Kier alpha value is -2.25.